The van der Waals surface area contributed by atoms with Crippen molar-refractivity contribution < 1.29 is 18.1 Å². The number of hydrogen-bond acceptors (Lipinski definition) is 2. The van der Waals surface area contributed by atoms with Crippen LogP contribution in [-0.2, 0) is 6.18 Å². The van der Waals surface area contributed by atoms with Crippen molar-refractivity contribution in [3.63, 3.8) is 0 Å². The molecule has 0 saturated carbocycles. The Morgan fingerprint density at radius 1 is 1.00 bits per heavy atom. The second-order valence-electron chi connectivity index (χ2n) is 4.14. The molecule has 0 unspecified atom stereocenters. The van der Waals surface area contributed by atoms with Crippen LogP contribution in [0.1, 0.15) is 5.56 Å². The number of alkyl halides is 3. The standard InChI is InChI=1S/C13H6Cl2F3NO2/c14-9-3-7(4-10(15)6-9)11-5-8(13(16,17)18)1-2-12(11)19(20)21/h1-6H. The Morgan fingerprint density at radius 3 is 2.05 bits per heavy atom. The maximum absolute atomic E-state index is 12.8. The Kier molecular flexibility index (Phi) is 4.11. The topological polar surface area (TPSA) is 43.1 Å². The Bertz CT molecular complexity index is 697. The summed E-state index contributed by atoms with van der Waals surface area (Å²) in [4.78, 5) is 10.2. The average Bonchev–Trinajstić information content (AvgIpc) is 2.35. The van der Waals surface area contributed by atoms with E-state index in [2.05, 4.69) is 0 Å². The first kappa shape index (κ1) is 15.6. The van der Waals surface area contributed by atoms with E-state index in [1.807, 2.05) is 0 Å². The third-order valence-corrected chi connectivity index (χ3v) is 3.13. The molecule has 0 bridgehead atoms. The molecule has 3 nitrogen and oxygen atoms in total. The minimum absolute atomic E-state index is 0.144. The van der Waals surface area contributed by atoms with E-state index < -0.39 is 22.4 Å². The van der Waals surface area contributed by atoms with Crippen molar-refractivity contribution in [3.8, 4) is 11.1 Å². The van der Waals surface area contributed by atoms with Crippen molar-refractivity contribution in [1.82, 2.24) is 0 Å². The van der Waals surface area contributed by atoms with Crippen molar-refractivity contribution in [3.05, 3.63) is 62.1 Å². The molecule has 110 valence electrons. The summed E-state index contributed by atoms with van der Waals surface area (Å²) < 4.78 is 38.3. The first-order valence-corrected chi connectivity index (χ1v) is 6.26. The van der Waals surface area contributed by atoms with Crippen molar-refractivity contribution in [2.45, 2.75) is 6.18 Å². The van der Waals surface area contributed by atoms with E-state index in [0.717, 1.165) is 6.07 Å². The quantitative estimate of drug-likeness (QED) is 0.530. The highest BCUT2D eigenvalue weighted by Gasteiger charge is 2.32. The number of nitro groups is 1. The maximum Gasteiger partial charge on any atom is 0.416 e. The molecule has 0 radical (unpaired) electrons. The van der Waals surface area contributed by atoms with Crippen LogP contribution in [0.3, 0.4) is 0 Å². The van der Waals surface area contributed by atoms with Crippen LogP contribution in [0.2, 0.25) is 10.0 Å². The number of halogens is 5. The van der Waals surface area contributed by atoms with E-state index in [-0.39, 0.29) is 21.2 Å². The third kappa shape index (κ3) is 3.46. The van der Waals surface area contributed by atoms with E-state index in [0.29, 0.717) is 12.1 Å². The van der Waals surface area contributed by atoms with Gasteiger partial charge < -0.3 is 0 Å². The van der Waals surface area contributed by atoms with Gasteiger partial charge in [0.1, 0.15) is 0 Å². The molecule has 0 aliphatic heterocycles. The summed E-state index contributed by atoms with van der Waals surface area (Å²) in [7, 11) is 0. The molecule has 8 heteroatoms. The molecule has 0 aromatic heterocycles. The minimum Gasteiger partial charge on any atom is -0.258 e. The van der Waals surface area contributed by atoms with Crippen LogP contribution in [0.25, 0.3) is 11.1 Å². The highest BCUT2D eigenvalue weighted by atomic mass is 35.5. The molecular formula is C13H6Cl2F3NO2. The summed E-state index contributed by atoms with van der Waals surface area (Å²) in [5.74, 6) is 0. The molecule has 2 aromatic rings. The summed E-state index contributed by atoms with van der Waals surface area (Å²) in [6, 6.07) is 6.19. The van der Waals surface area contributed by atoms with Gasteiger partial charge in [0.05, 0.1) is 16.1 Å². The molecule has 0 amide bonds. The summed E-state index contributed by atoms with van der Waals surface area (Å²) in [6.07, 6.45) is -4.60. The van der Waals surface area contributed by atoms with E-state index in [4.69, 9.17) is 23.2 Å². The van der Waals surface area contributed by atoms with Crippen LogP contribution in [0, 0.1) is 10.1 Å². The van der Waals surface area contributed by atoms with Crippen LogP contribution in [0.15, 0.2) is 36.4 Å². The predicted molar refractivity (Wildman–Crippen MR) is 73.6 cm³/mol. The Balaban J connectivity index is 2.71. The zero-order valence-corrected chi connectivity index (χ0v) is 11.6. The Hall–Kier alpha value is -1.79. The maximum atomic E-state index is 12.8. The van der Waals surface area contributed by atoms with Gasteiger partial charge in [-0.05, 0) is 35.9 Å². The number of hydrogen-bond donors (Lipinski definition) is 0. The van der Waals surface area contributed by atoms with Crippen LogP contribution in [0.4, 0.5) is 18.9 Å². The van der Waals surface area contributed by atoms with Crippen LogP contribution < -0.4 is 0 Å². The first-order valence-electron chi connectivity index (χ1n) is 5.50. The number of nitro benzene ring substituents is 1. The largest absolute Gasteiger partial charge is 0.416 e. The van der Waals surface area contributed by atoms with Gasteiger partial charge in [0.15, 0.2) is 0 Å². The minimum atomic E-state index is -4.60. The van der Waals surface area contributed by atoms with Gasteiger partial charge in [-0.15, -0.1) is 0 Å². The molecule has 0 heterocycles. The lowest BCUT2D eigenvalue weighted by Gasteiger charge is -2.10. The lowest BCUT2D eigenvalue weighted by Crippen LogP contribution is -2.05. The fourth-order valence-electron chi connectivity index (χ4n) is 1.81. The molecule has 0 saturated heterocycles. The molecular weight excluding hydrogens is 330 g/mol. The Morgan fingerprint density at radius 2 is 1.57 bits per heavy atom. The van der Waals surface area contributed by atoms with Crippen LogP contribution in [0.5, 0.6) is 0 Å². The van der Waals surface area contributed by atoms with Crippen LogP contribution in [-0.4, -0.2) is 4.92 Å². The van der Waals surface area contributed by atoms with Gasteiger partial charge in [-0.25, -0.2) is 0 Å². The van der Waals surface area contributed by atoms with E-state index in [1.165, 1.54) is 18.2 Å². The highest BCUT2D eigenvalue weighted by molar-refractivity contribution is 6.35. The van der Waals surface area contributed by atoms with Crippen LogP contribution >= 0.6 is 23.2 Å². The molecule has 0 fully saturated rings. The second-order valence-corrected chi connectivity index (χ2v) is 5.02. The zero-order valence-electron chi connectivity index (χ0n) is 10.1. The molecule has 0 N–H and O–H groups in total. The highest BCUT2D eigenvalue weighted by Crippen LogP contribution is 2.38. The van der Waals surface area contributed by atoms with Gasteiger partial charge in [-0.1, -0.05) is 23.2 Å². The van der Waals surface area contributed by atoms with Gasteiger partial charge in [0, 0.05) is 16.1 Å². The van der Waals surface area contributed by atoms with E-state index in [1.54, 1.807) is 0 Å². The lowest BCUT2D eigenvalue weighted by atomic mass is 10.0. The van der Waals surface area contributed by atoms with Crippen molar-refractivity contribution in [2.24, 2.45) is 0 Å². The normalized spacial score (nSPS) is 11.5. The number of benzene rings is 2. The van der Waals surface area contributed by atoms with Gasteiger partial charge in [-0.2, -0.15) is 13.2 Å². The summed E-state index contributed by atoms with van der Waals surface area (Å²) >= 11 is 11.6. The first-order chi connectivity index (χ1) is 9.68. The van der Waals surface area contributed by atoms with Gasteiger partial charge in [0.25, 0.3) is 5.69 Å². The van der Waals surface area contributed by atoms with Crippen molar-refractivity contribution >= 4 is 28.9 Å². The van der Waals surface area contributed by atoms with E-state index in [9.17, 15) is 23.3 Å². The Labute approximate surface area is 127 Å². The molecule has 2 aromatic carbocycles. The smallest absolute Gasteiger partial charge is 0.258 e. The second kappa shape index (κ2) is 5.54. The zero-order chi connectivity index (χ0) is 15.8. The molecule has 0 aliphatic rings. The monoisotopic (exact) mass is 335 g/mol. The van der Waals surface area contributed by atoms with Crippen molar-refractivity contribution in [1.29, 1.82) is 0 Å². The molecule has 21 heavy (non-hydrogen) atoms. The van der Waals surface area contributed by atoms with Gasteiger partial charge in [0.2, 0.25) is 0 Å². The third-order valence-electron chi connectivity index (χ3n) is 2.69. The molecule has 0 spiro atoms. The summed E-state index contributed by atoms with van der Waals surface area (Å²) in [5.41, 5.74) is -1.50. The number of nitrogens with zero attached hydrogens (tertiary/aromatic N) is 1. The lowest BCUT2D eigenvalue weighted by molar-refractivity contribution is -0.384. The van der Waals surface area contributed by atoms with Gasteiger partial charge >= 0.3 is 6.18 Å². The fourth-order valence-corrected chi connectivity index (χ4v) is 2.34. The predicted octanol–water partition coefficient (Wildman–Crippen LogP) is 5.59. The summed E-state index contributed by atoms with van der Waals surface area (Å²) in [5, 5.41) is 11.3. The SMILES string of the molecule is O=[N+]([O-])c1ccc(C(F)(F)F)cc1-c1cc(Cl)cc(Cl)c1. The average molecular weight is 336 g/mol. The molecule has 0 atom stereocenters. The van der Waals surface area contributed by atoms with E-state index >= 15 is 0 Å². The molecule has 0 aliphatic carbocycles. The fraction of sp³-hybridized carbons (Fsp3) is 0.0769. The van der Waals surface area contributed by atoms with Gasteiger partial charge in [-0.3, -0.25) is 10.1 Å². The number of rotatable bonds is 2. The summed E-state index contributed by atoms with van der Waals surface area (Å²) in [6.45, 7) is 0. The molecule has 2 rings (SSSR count). The van der Waals surface area contributed by atoms with Crippen molar-refractivity contribution in [2.75, 3.05) is 0 Å².